The van der Waals surface area contributed by atoms with Gasteiger partial charge in [-0.2, -0.15) is 0 Å². The number of anilines is 1. The predicted octanol–water partition coefficient (Wildman–Crippen LogP) is 3.47. The quantitative estimate of drug-likeness (QED) is 0.590. The first kappa shape index (κ1) is 10.5. The molecular weight excluding hydrogens is 178 g/mol. The van der Waals surface area contributed by atoms with Crippen molar-refractivity contribution in [2.45, 2.75) is 37.3 Å². The van der Waals surface area contributed by atoms with Gasteiger partial charge >= 0.3 is 0 Å². The Morgan fingerprint density at radius 1 is 1.46 bits per heavy atom. The number of thioether (sulfide) groups is 1. The lowest BCUT2D eigenvalue weighted by molar-refractivity contribution is 0.906. The molecule has 0 aliphatic carbocycles. The monoisotopic (exact) mass is 195 g/mol. The van der Waals surface area contributed by atoms with Crippen molar-refractivity contribution in [2.24, 2.45) is 0 Å². The lowest BCUT2D eigenvalue weighted by Crippen LogP contribution is -1.97. The van der Waals surface area contributed by atoms with Crippen molar-refractivity contribution in [1.82, 2.24) is 0 Å². The maximum atomic E-state index is 5.96. The molecule has 0 aliphatic heterocycles. The smallest absolute Gasteiger partial charge is 0.0482 e. The predicted molar refractivity (Wildman–Crippen MR) is 61.2 cm³/mol. The fourth-order valence-corrected chi connectivity index (χ4v) is 2.10. The summed E-state index contributed by atoms with van der Waals surface area (Å²) in [4.78, 5) is 1.22. The number of rotatable bonds is 3. The lowest BCUT2D eigenvalue weighted by atomic mass is 10.2. The van der Waals surface area contributed by atoms with E-state index in [1.165, 1.54) is 16.9 Å². The Bertz CT molecular complexity index is 283. The molecular formula is C11H17NS. The Kier molecular flexibility index (Phi) is 3.67. The SMILES string of the molecule is CCC(C)Sc1cccc(C)c1N. The number of nitrogens with two attached hydrogens (primary N) is 1. The molecule has 0 fully saturated rings. The Morgan fingerprint density at radius 3 is 2.77 bits per heavy atom. The van der Waals surface area contributed by atoms with Gasteiger partial charge in [0.1, 0.15) is 0 Å². The molecule has 0 amide bonds. The summed E-state index contributed by atoms with van der Waals surface area (Å²) in [6.45, 7) is 6.48. The molecule has 1 unspecified atom stereocenters. The molecule has 72 valence electrons. The molecule has 1 aromatic carbocycles. The van der Waals surface area contributed by atoms with Gasteiger partial charge in [-0.15, -0.1) is 11.8 Å². The van der Waals surface area contributed by atoms with Gasteiger partial charge in [-0.05, 0) is 25.0 Å². The number of benzene rings is 1. The average Bonchev–Trinajstić information content (AvgIpc) is 2.13. The second-order valence-electron chi connectivity index (χ2n) is 3.32. The summed E-state index contributed by atoms with van der Waals surface area (Å²) in [5.41, 5.74) is 8.08. The van der Waals surface area contributed by atoms with E-state index in [0.717, 1.165) is 5.69 Å². The van der Waals surface area contributed by atoms with Crippen LogP contribution in [-0.4, -0.2) is 5.25 Å². The third-order valence-corrected chi connectivity index (χ3v) is 3.53. The van der Waals surface area contributed by atoms with Crippen LogP contribution in [0.15, 0.2) is 23.1 Å². The molecule has 1 aromatic rings. The zero-order valence-corrected chi connectivity index (χ0v) is 9.32. The molecule has 0 bridgehead atoms. The highest BCUT2D eigenvalue weighted by atomic mass is 32.2. The van der Waals surface area contributed by atoms with E-state index in [9.17, 15) is 0 Å². The molecule has 0 saturated heterocycles. The van der Waals surface area contributed by atoms with Gasteiger partial charge in [0.15, 0.2) is 0 Å². The van der Waals surface area contributed by atoms with E-state index in [2.05, 4.69) is 39.0 Å². The second kappa shape index (κ2) is 4.56. The molecule has 2 heteroatoms. The topological polar surface area (TPSA) is 26.0 Å². The normalized spacial score (nSPS) is 12.8. The molecule has 1 rings (SSSR count). The summed E-state index contributed by atoms with van der Waals surface area (Å²) in [5.74, 6) is 0. The minimum absolute atomic E-state index is 0.643. The number of nitrogen functional groups attached to an aromatic ring is 1. The molecule has 0 aliphatic rings. The third-order valence-electron chi connectivity index (χ3n) is 2.19. The standard InChI is InChI=1S/C11H17NS/c1-4-9(3)13-10-7-5-6-8(2)11(10)12/h5-7,9H,4,12H2,1-3H3. The van der Waals surface area contributed by atoms with Crippen molar-refractivity contribution < 1.29 is 0 Å². The van der Waals surface area contributed by atoms with Gasteiger partial charge in [-0.3, -0.25) is 0 Å². The van der Waals surface area contributed by atoms with E-state index < -0.39 is 0 Å². The highest BCUT2D eigenvalue weighted by molar-refractivity contribution is 8.00. The van der Waals surface area contributed by atoms with Crippen LogP contribution >= 0.6 is 11.8 Å². The van der Waals surface area contributed by atoms with E-state index in [1.807, 2.05) is 11.8 Å². The Morgan fingerprint density at radius 2 is 2.15 bits per heavy atom. The summed E-state index contributed by atoms with van der Waals surface area (Å²) >= 11 is 1.86. The van der Waals surface area contributed by atoms with E-state index >= 15 is 0 Å². The molecule has 0 saturated carbocycles. The Hall–Kier alpha value is -0.630. The first-order chi connectivity index (χ1) is 6.15. The largest absolute Gasteiger partial charge is 0.398 e. The van der Waals surface area contributed by atoms with Gasteiger partial charge in [-0.1, -0.05) is 26.0 Å². The second-order valence-corrected chi connectivity index (χ2v) is 4.80. The van der Waals surface area contributed by atoms with Crippen molar-refractivity contribution >= 4 is 17.4 Å². The van der Waals surface area contributed by atoms with Crippen molar-refractivity contribution in [3.8, 4) is 0 Å². The van der Waals surface area contributed by atoms with Crippen LogP contribution in [0, 0.1) is 6.92 Å². The average molecular weight is 195 g/mol. The number of hydrogen-bond donors (Lipinski definition) is 1. The minimum atomic E-state index is 0.643. The van der Waals surface area contributed by atoms with Crippen LogP contribution in [0.3, 0.4) is 0 Å². The van der Waals surface area contributed by atoms with Crippen LogP contribution < -0.4 is 5.73 Å². The van der Waals surface area contributed by atoms with Gasteiger partial charge in [0.05, 0.1) is 0 Å². The summed E-state index contributed by atoms with van der Waals surface area (Å²) in [6, 6.07) is 6.21. The number of para-hydroxylation sites is 1. The van der Waals surface area contributed by atoms with Crippen LogP contribution in [0.2, 0.25) is 0 Å². The Balaban J connectivity index is 2.83. The van der Waals surface area contributed by atoms with Gasteiger partial charge in [0, 0.05) is 15.8 Å². The number of aryl methyl sites for hydroxylation is 1. The van der Waals surface area contributed by atoms with Gasteiger partial charge in [0.25, 0.3) is 0 Å². The van der Waals surface area contributed by atoms with E-state index in [0.29, 0.717) is 5.25 Å². The van der Waals surface area contributed by atoms with E-state index in [4.69, 9.17) is 5.73 Å². The van der Waals surface area contributed by atoms with Crippen molar-refractivity contribution in [3.63, 3.8) is 0 Å². The fourth-order valence-electron chi connectivity index (χ4n) is 1.06. The first-order valence-electron chi connectivity index (χ1n) is 4.67. The van der Waals surface area contributed by atoms with Crippen LogP contribution in [0.25, 0.3) is 0 Å². The maximum Gasteiger partial charge on any atom is 0.0482 e. The molecule has 1 atom stereocenters. The van der Waals surface area contributed by atoms with E-state index in [-0.39, 0.29) is 0 Å². The molecule has 0 aromatic heterocycles. The first-order valence-corrected chi connectivity index (χ1v) is 5.54. The van der Waals surface area contributed by atoms with Crippen molar-refractivity contribution in [1.29, 1.82) is 0 Å². The zero-order valence-electron chi connectivity index (χ0n) is 8.50. The zero-order chi connectivity index (χ0) is 9.84. The molecule has 0 radical (unpaired) electrons. The minimum Gasteiger partial charge on any atom is -0.398 e. The highest BCUT2D eigenvalue weighted by Gasteiger charge is 2.05. The summed E-state index contributed by atoms with van der Waals surface area (Å²) < 4.78 is 0. The van der Waals surface area contributed by atoms with E-state index in [1.54, 1.807) is 0 Å². The van der Waals surface area contributed by atoms with Gasteiger partial charge in [-0.25, -0.2) is 0 Å². The van der Waals surface area contributed by atoms with Crippen LogP contribution in [0.4, 0.5) is 5.69 Å². The van der Waals surface area contributed by atoms with Crippen molar-refractivity contribution in [3.05, 3.63) is 23.8 Å². The van der Waals surface area contributed by atoms with Crippen LogP contribution in [-0.2, 0) is 0 Å². The molecule has 1 nitrogen and oxygen atoms in total. The molecule has 0 heterocycles. The molecule has 13 heavy (non-hydrogen) atoms. The highest BCUT2D eigenvalue weighted by Crippen LogP contribution is 2.31. The summed E-state index contributed by atoms with van der Waals surface area (Å²) in [5, 5.41) is 0.643. The van der Waals surface area contributed by atoms with Gasteiger partial charge in [0.2, 0.25) is 0 Å². The third kappa shape index (κ3) is 2.66. The molecule has 0 spiro atoms. The Labute approximate surface area is 84.7 Å². The van der Waals surface area contributed by atoms with Crippen LogP contribution in [0.5, 0.6) is 0 Å². The fraction of sp³-hybridized carbons (Fsp3) is 0.455. The summed E-state index contributed by atoms with van der Waals surface area (Å²) in [7, 11) is 0. The van der Waals surface area contributed by atoms with Crippen molar-refractivity contribution in [2.75, 3.05) is 5.73 Å². The maximum absolute atomic E-state index is 5.96. The number of hydrogen-bond acceptors (Lipinski definition) is 2. The summed E-state index contributed by atoms with van der Waals surface area (Å²) in [6.07, 6.45) is 1.18. The molecule has 2 N–H and O–H groups in total. The van der Waals surface area contributed by atoms with Gasteiger partial charge < -0.3 is 5.73 Å². The lowest BCUT2D eigenvalue weighted by Gasteiger charge is -2.11. The van der Waals surface area contributed by atoms with Crippen LogP contribution in [0.1, 0.15) is 25.8 Å².